The molecule has 5 atom stereocenters. The molecule has 1 aliphatic heterocycles. The molecule has 138 valence electrons. The lowest BCUT2D eigenvalue weighted by Crippen LogP contribution is -2.42. The molecule has 1 fully saturated rings. The second-order valence-electron chi connectivity index (χ2n) is 6.15. The molecule has 1 unspecified atom stereocenters. The van der Waals surface area contributed by atoms with Crippen LogP contribution in [0.4, 0.5) is 5.82 Å². The number of rotatable bonds is 4. The van der Waals surface area contributed by atoms with E-state index in [4.69, 9.17) is 10.5 Å². The lowest BCUT2D eigenvalue weighted by Gasteiger charge is -2.20. The van der Waals surface area contributed by atoms with Crippen molar-refractivity contribution in [3.05, 3.63) is 58.1 Å². The molecule has 9 heteroatoms. The SMILES string of the molecule is Cc1cn([C@@H]2O[C@H](C(O)C(=O)c3ccccc3)[C@@H](O)[C@H]2O)c(=O)nc1N. The van der Waals surface area contributed by atoms with Crippen molar-refractivity contribution in [1.82, 2.24) is 9.55 Å². The molecule has 0 bridgehead atoms. The molecule has 0 amide bonds. The van der Waals surface area contributed by atoms with E-state index in [1.807, 2.05) is 0 Å². The zero-order valence-corrected chi connectivity index (χ0v) is 13.9. The van der Waals surface area contributed by atoms with Gasteiger partial charge in [0.05, 0.1) is 0 Å². The topological polar surface area (TPSA) is 148 Å². The van der Waals surface area contributed by atoms with Crippen molar-refractivity contribution in [2.24, 2.45) is 0 Å². The molecular weight excluding hydrogens is 342 g/mol. The number of carbonyl (C=O) groups excluding carboxylic acids is 1. The Bertz CT molecular complexity index is 869. The first-order valence-electron chi connectivity index (χ1n) is 7.95. The number of nitrogens with two attached hydrogens (primary N) is 1. The van der Waals surface area contributed by atoms with E-state index in [0.717, 1.165) is 4.57 Å². The first-order chi connectivity index (χ1) is 12.3. The smallest absolute Gasteiger partial charge is 0.351 e. The molecule has 1 aliphatic rings. The van der Waals surface area contributed by atoms with E-state index in [1.54, 1.807) is 25.1 Å². The molecule has 0 saturated carbocycles. The van der Waals surface area contributed by atoms with Gasteiger partial charge in [0.2, 0.25) is 0 Å². The molecule has 0 spiro atoms. The Labute approximate surface area is 148 Å². The van der Waals surface area contributed by atoms with Crippen LogP contribution in [-0.2, 0) is 4.74 Å². The number of nitrogens with zero attached hydrogens (tertiary/aromatic N) is 2. The lowest BCUT2D eigenvalue weighted by molar-refractivity contribution is -0.0753. The van der Waals surface area contributed by atoms with Crippen molar-refractivity contribution >= 4 is 11.6 Å². The van der Waals surface area contributed by atoms with Crippen molar-refractivity contribution in [3.63, 3.8) is 0 Å². The number of carbonyl (C=O) groups is 1. The van der Waals surface area contributed by atoms with Gasteiger partial charge < -0.3 is 25.8 Å². The second kappa shape index (κ2) is 6.96. The summed E-state index contributed by atoms with van der Waals surface area (Å²) in [4.78, 5) is 28.0. The quantitative estimate of drug-likeness (QED) is 0.507. The Morgan fingerprint density at radius 1 is 1.27 bits per heavy atom. The molecule has 2 heterocycles. The van der Waals surface area contributed by atoms with Crippen LogP contribution in [0, 0.1) is 6.92 Å². The Balaban J connectivity index is 1.87. The van der Waals surface area contributed by atoms with Crippen LogP contribution in [0.15, 0.2) is 41.3 Å². The number of hydrogen-bond donors (Lipinski definition) is 4. The number of ketones is 1. The molecule has 1 aromatic heterocycles. The third-order valence-corrected chi connectivity index (χ3v) is 4.36. The Morgan fingerprint density at radius 3 is 2.58 bits per heavy atom. The summed E-state index contributed by atoms with van der Waals surface area (Å²) >= 11 is 0. The monoisotopic (exact) mass is 361 g/mol. The van der Waals surface area contributed by atoms with E-state index < -0.39 is 42.1 Å². The van der Waals surface area contributed by atoms with E-state index in [-0.39, 0.29) is 11.4 Å². The van der Waals surface area contributed by atoms with Gasteiger partial charge in [-0.3, -0.25) is 9.36 Å². The van der Waals surface area contributed by atoms with E-state index in [0.29, 0.717) is 5.56 Å². The summed E-state index contributed by atoms with van der Waals surface area (Å²) < 4.78 is 6.43. The largest absolute Gasteiger partial charge is 0.387 e. The molecule has 1 saturated heterocycles. The van der Waals surface area contributed by atoms with Crippen molar-refractivity contribution in [2.75, 3.05) is 5.73 Å². The number of ether oxygens (including phenoxy) is 1. The molecule has 0 aliphatic carbocycles. The molecule has 9 nitrogen and oxygen atoms in total. The van der Waals surface area contributed by atoms with Gasteiger partial charge >= 0.3 is 5.69 Å². The standard InChI is InChI=1S/C17H19N3O6/c1-8-7-20(17(25)19-15(8)18)16-13(24)12(23)14(26-16)11(22)10(21)9-5-3-2-4-6-9/h2-7,11-14,16,22-24H,1H3,(H2,18,19,25)/t11?,12-,13+,14+,16+/m0/s1. The summed E-state index contributed by atoms with van der Waals surface area (Å²) in [5, 5.41) is 30.8. The van der Waals surface area contributed by atoms with Gasteiger partial charge in [-0.2, -0.15) is 4.98 Å². The number of aryl methyl sites for hydroxylation is 1. The van der Waals surface area contributed by atoms with Crippen molar-refractivity contribution in [2.45, 2.75) is 37.6 Å². The van der Waals surface area contributed by atoms with Crippen LogP contribution in [0.2, 0.25) is 0 Å². The minimum Gasteiger partial charge on any atom is -0.387 e. The molecular formula is C17H19N3O6. The summed E-state index contributed by atoms with van der Waals surface area (Å²) in [7, 11) is 0. The highest BCUT2D eigenvalue weighted by Crippen LogP contribution is 2.31. The van der Waals surface area contributed by atoms with Gasteiger partial charge in [0.25, 0.3) is 0 Å². The summed E-state index contributed by atoms with van der Waals surface area (Å²) in [6.07, 6.45) is -6.22. The maximum Gasteiger partial charge on any atom is 0.351 e. The van der Waals surface area contributed by atoms with E-state index >= 15 is 0 Å². The molecule has 5 N–H and O–H groups in total. The van der Waals surface area contributed by atoms with Crippen molar-refractivity contribution < 1.29 is 24.9 Å². The number of hydrogen-bond acceptors (Lipinski definition) is 8. The maximum atomic E-state index is 12.4. The fourth-order valence-electron chi connectivity index (χ4n) is 2.86. The summed E-state index contributed by atoms with van der Waals surface area (Å²) in [6, 6.07) is 8.00. The minimum absolute atomic E-state index is 0.0372. The van der Waals surface area contributed by atoms with Crippen LogP contribution in [0.1, 0.15) is 22.1 Å². The van der Waals surface area contributed by atoms with Gasteiger partial charge in [-0.05, 0) is 6.92 Å². The highest BCUT2D eigenvalue weighted by molar-refractivity contribution is 5.99. The predicted molar refractivity (Wildman–Crippen MR) is 90.3 cm³/mol. The normalized spacial score (nSPS) is 26.6. The average Bonchev–Trinajstić information content (AvgIpc) is 2.93. The molecule has 0 radical (unpaired) electrons. The summed E-state index contributed by atoms with van der Waals surface area (Å²) in [6.45, 7) is 1.61. The highest BCUT2D eigenvalue weighted by atomic mass is 16.6. The van der Waals surface area contributed by atoms with E-state index in [1.165, 1.54) is 18.3 Å². The Kier molecular flexibility index (Phi) is 4.88. The van der Waals surface area contributed by atoms with Gasteiger partial charge in [0, 0.05) is 17.3 Å². The van der Waals surface area contributed by atoms with E-state index in [2.05, 4.69) is 4.98 Å². The van der Waals surface area contributed by atoms with Crippen LogP contribution in [0.25, 0.3) is 0 Å². The predicted octanol–water partition coefficient (Wildman–Crippen LogP) is -1.00. The summed E-state index contributed by atoms with van der Waals surface area (Å²) in [5.41, 5.74) is 5.49. The Morgan fingerprint density at radius 2 is 1.92 bits per heavy atom. The highest BCUT2D eigenvalue weighted by Gasteiger charge is 2.49. The van der Waals surface area contributed by atoms with E-state index in [9.17, 15) is 24.9 Å². The van der Waals surface area contributed by atoms with Gasteiger partial charge in [-0.25, -0.2) is 4.79 Å². The average molecular weight is 361 g/mol. The van der Waals surface area contributed by atoms with Crippen molar-refractivity contribution in [1.29, 1.82) is 0 Å². The third kappa shape index (κ3) is 3.13. The molecule has 2 aromatic rings. The summed E-state index contributed by atoms with van der Waals surface area (Å²) in [5.74, 6) is -0.628. The zero-order chi connectivity index (χ0) is 19.0. The van der Waals surface area contributed by atoms with Gasteiger partial charge in [-0.15, -0.1) is 0 Å². The van der Waals surface area contributed by atoms with Gasteiger partial charge in [0.1, 0.15) is 30.2 Å². The minimum atomic E-state index is -1.72. The zero-order valence-electron chi connectivity index (χ0n) is 13.9. The van der Waals surface area contributed by atoms with Crippen LogP contribution in [-0.4, -0.2) is 55.1 Å². The van der Waals surface area contributed by atoms with Crippen LogP contribution in [0.5, 0.6) is 0 Å². The fraction of sp³-hybridized carbons (Fsp3) is 0.353. The fourth-order valence-corrected chi connectivity index (χ4v) is 2.86. The number of aliphatic hydroxyl groups is 3. The second-order valence-corrected chi connectivity index (χ2v) is 6.15. The lowest BCUT2D eigenvalue weighted by atomic mass is 9.98. The number of anilines is 1. The van der Waals surface area contributed by atoms with Crippen LogP contribution < -0.4 is 11.4 Å². The Hall–Kier alpha value is -2.59. The molecule has 26 heavy (non-hydrogen) atoms. The number of aromatic nitrogens is 2. The van der Waals surface area contributed by atoms with Crippen LogP contribution in [0.3, 0.4) is 0 Å². The number of nitrogen functional groups attached to an aromatic ring is 1. The molecule has 1 aromatic carbocycles. The van der Waals surface area contributed by atoms with Crippen LogP contribution >= 0.6 is 0 Å². The molecule has 3 rings (SSSR count). The maximum absolute atomic E-state index is 12.4. The number of aliphatic hydroxyl groups excluding tert-OH is 3. The first-order valence-corrected chi connectivity index (χ1v) is 7.95. The van der Waals surface area contributed by atoms with Gasteiger partial charge in [-0.1, -0.05) is 30.3 Å². The van der Waals surface area contributed by atoms with Gasteiger partial charge in [0.15, 0.2) is 12.0 Å². The van der Waals surface area contributed by atoms with Crippen molar-refractivity contribution in [3.8, 4) is 0 Å². The number of Topliss-reactive ketones (excluding diaryl/α,β-unsaturated/α-hetero) is 1. The first kappa shape index (κ1) is 18.2. The third-order valence-electron chi connectivity index (χ3n) is 4.36. The number of benzene rings is 1.